The van der Waals surface area contributed by atoms with E-state index in [-0.39, 0.29) is 12.2 Å². The van der Waals surface area contributed by atoms with Crippen molar-refractivity contribution in [1.82, 2.24) is 5.32 Å². The van der Waals surface area contributed by atoms with Crippen molar-refractivity contribution in [2.45, 2.75) is 20.8 Å². The van der Waals surface area contributed by atoms with E-state index in [9.17, 15) is 14.4 Å². The standard InChI is InChI=1S/C29H27BrN2O6/c1-4-36-25-17-20(16-23(30)26(25)38-13-12-37-24-11-6-5-9-19(24)3)15-22-27(33)31-29(35)32(28(22)34)21-10-7-8-18(2)14-21/h5-11,14-17H,4,12-13H2,1-3H3,(H,31,33,35)/b22-15-. The van der Waals surface area contributed by atoms with Gasteiger partial charge in [0.2, 0.25) is 0 Å². The molecule has 0 atom stereocenters. The van der Waals surface area contributed by atoms with Crippen LogP contribution in [0.5, 0.6) is 17.2 Å². The Bertz CT molecular complexity index is 1420. The van der Waals surface area contributed by atoms with Gasteiger partial charge in [-0.25, -0.2) is 9.69 Å². The SMILES string of the molecule is CCOc1cc(/C=C2/C(=O)NC(=O)N(c3cccc(C)c3)C2=O)cc(Br)c1OCCOc1ccccc1C. The van der Waals surface area contributed by atoms with Crippen LogP contribution in [0, 0.1) is 13.8 Å². The molecule has 0 radical (unpaired) electrons. The monoisotopic (exact) mass is 578 g/mol. The second-order valence-corrected chi connectivity index (χ2v) is 9.38. The van der Waals surface area contributed by atoms with Crippen LogP contribution in [0.1, 0.15) is 23.6 Å². The third-order valence-corrected chi connectivity index (χ3v) is 6.27. The van der Waals surface area contributed by atoms with E-state index >= 15 is 0 Å². The lowest BCUT2D eigenvalue weighted by atomic mass is 10.1. The van der Waals surface area contributed by atoms with Crippen LogP contribution in [0.4, 0.5) is 10.5 Å². The Labute approximate surface area is 229 Å². The molecule has 3 aromatic rings. The lowest BCUT2D eigenvalue weighted by Crippen LogP contribution is -2.54. The number of rotatable bonds is 9. The Morgan fingerprint density at radius 3 is 2.39 bits per heavy atom. The molecular weight excluding hydrogens is 552 g/mol. The molecule has 1 fully saturated rings. The predicted molar refractivity (Wildman–Crippen MR) is 148 cm³/mol. The molecule has 3 aromatic carbocycles. The van der Waals surface area contributed by atoms with Crippen LogP contribution in [0.15, 0.2) is 70.7 Å². The summed E-state index contributed by atoms with van der Waals surface area (Å²) in [6, 6.07) is 17.2. The number of benzene rings is 3. The number of imide groups is 2. The van der Waals surface area contributed by atoms with E-state index < -0.39 is 17.8 Å². The third-order valence-electron chi connectivity index (χ3n) is 5.69. The van der Waals surface area contributed by atoms with Gasteiger partial charge in [-0.1, -0.05) is 30.3 Å². The van der Waals surface area contributed by atoms with Crippen LogP contribution in [0.2, 0.25) is 0 Å². The topological polar surface area (TPSA) is 94.2 Å². The summed E-state index contributed by atoms with van der Waals surface area (Å²) in [7, 11) is 0. The average molecular weight is 579 g/mol. The first kappa shape index (κ1) is 26.9. The van der Waals surface area contributed by atoms with Gasteiger partial charge in [0.1, 0.15) is 24.5 Å². The zero-order chi connectivity index (χ0) is 27.2. The summed E-state index contributed by atoms with van der Waals surface area (Å²) in [5.74, 6) is 0.202. The highest BCUT2D eigenvalue weighted by molar-refractivity contribution is 9.10. The summed E-state index contributed by atoms with van der Waals surface area (Å²) in [6.07, 6.45) is 1.42. The van der Waals surface area contributed by atoms with Crippen LogP contribution in [0.3, 0.4) is 0 Å². The van der Waals surface area contributed by atoms with Crippen LogP contribution in [-0.2, 0) is 9.59 Å². The first-order valence-electron chi connectivity index (χ1n) is 12.0. The average Bonchev–Trinajstić information content (AvgIpc) is 2.87. The normalized spacial score (nSPS) is 14.5. The molecule has 0 saturated carbocycles. The molecule has 0 bridgehead atoms. The number of amides is 4. The van der Waals surface area contributed by atoms with Crippen LogP contribution in [-0.4, -0.2) is 37.7 Å². The number of para-hydroxylation sites is 1. The van der Waals surface area contributed by atoms with Gasteiger partial charge >= 0.3 is 6.03 Å². The minimum atomic E-state index is -0.796. The van der Waals surface area contributed by atoms with Gasteiger partial charge < -0.3 is 14.2 Å². The second-order valence-electron chi connectivity index (χ2n) is 8.52. The van der Waals surface area contributed by atoms with Crippen LogP contribution >= 0.6 is 15.9 Å². The molecule has 1 aliphatic rings. The zero-order valence-corrected chi connectivity index (χ0v) is 22.8. The lowest BCUT2D eigenvalue weighted by Gasteiger charge is -2.26. The Morgan fingerprint density at radius 1 is 0.895 bits per heavy atom. The Hall–Kier alpha value is -4.11. The first-order valence-corrected chi connectivity index (χ1v) is 12.8. The van der Waals surface area contributed by atoms with Gasteiger partial charge in [-0.05, 0) is 89.8 Å². The van der Waals surface area contributed by atoms with E-state index in [1.165, 1.54) is 6.08 Å². The van der Waals surface area contributed by atoms with Gasteiger partial charge in [0.25, 0.3) is 11.8 Å². The number of nitrogens with zero attached hydrogens (tertiary/aromatic N) is 1. The van der Waals surface area contributed by atoms with Crippen molar-refractivity contribution in [2.24, 2.45) is 0 Å². The van der Waals surface area contributed by atoms with Crippen molar-refractivity contribution >= 4 is 45.5 Å². The van der Waals surface area contributed by atoms with Crippen molar-refractivity contribution in [1.29, 1.82) is 0 Å². The fourth-order valence-corrected chi connectivity index (χ4v) is 4.49. The largest absolute Gasteiger partial charge is 0.490 e. The summed E-state index contributed by atoms with van der Waals surface area (Å²) in [5.41, 5.74) is 2.61. The molecule has 1 saturated heterocycles. The van der Waals surface area contributed by atoms with Crippen molar-refractivity contribution < 1.29 is 28.6 Å². The highest BCUT2D eigenvalue weighted by Crippen LogP contribution is 2.38. The zero-order valence-electron chi connectivity index (χ0n) is 21.2. The van der Waals surface area contributed by atoms with E-state index in [4.69, 9.17) is 14.2 Å². The molecule has 0 spiro atoms. The maximum Gasteiger partial charge on any atom is 0.335 e. The lowest BCUT2D eigenvalue weighted by molar-refractivity contribution is -0.122. The molecule has 8 nitrogen and oxygen atoms in total. The third kappa shape index (κ3) is 6.06. The van der Waals surface area contributed by atoms with E-state index in [0.717, 1.165) is 21.8 Å². The van der Waals surface area contributed by atoms with Crippen molar-refractivity contribution in [3.05, 3.63) is 87.4 Å². The fourth-order valence-electron chi connectivity index (χ4n) is 3.91. The number of ether oxygens (including phenoxy) is 3. The number of halogens is 1. The van der Waals surface area contributed by atoms with Gasteiger partial charge in [0.15, 0.2) is 11.5 Å². The minimum absolute atomic E-state index is 0.180. The Morgan fingerprint density at radius 2 is 1.66 bits per heavy atom. The molecule has 1 aliphatic heterocycles. The molecule has 4 rings (SSSR count). The van der Waals surface area contributed by atoms with Crippen molar-refractivity contribution in [3.63, 3.8) is 0 Å². The highest BCUT2D eigenvalue weighted by Gasteiger charge is 2.37. The molecule has 0 unspecified atom stereocenters. The molecule has 1 N–H and O–H groups in total. The first-order chi connectivity index (χ1) is 18.3. The van der Waals surface area contributed by atoms with Crippen molar-refractivity contribution in [2.75, 3.05) is 24.7 Å². The summed E-state index contributed by atoms with van der Waals surface area (Å²) in [6.45, 7) is 6.63. The molecule has 196 valence electrons. The van der Waals surface area contributed by atoms with E-state index in [1.807, 2.05) is 51.1 Å². The highest BCUT2D eigenvalue weighted by atomic mass is 79.9. The number of carbonyl (C=O) groups is 3. The number of hydrogen-bond donors (Lipinski definition) is 1. The quantitative estimate of drug-likeness (QED) is 0.202. The Kier molecular flexibility index (Phi) is 8.48. The molecule has 0 aromatic heterocycles. The fraction of sp³-hybridized carbons (Fsp3) is 0.207. The molecule has 4 amide bonds. The van der Waals surface area contributed by atoms with E-state index in [1.54, 1.807) is 30.3 Å². The van der Waals surface area contributed by atoms with Gasteiger partial charge in [-0.2, -0.15) is 0 Å². The van der Waals surface area contributed by atoms with E-state index in [2.05, 4.69) is 21.2 Å². The number of hydrogen-bond acceptors (Lipinski definition) is 6. The van der Waals surface area contributed by atoms with Crippen molar-refractivity contribution in [3.8, 4) is 17.2 Å². The number of carbonyl (C=O) groups excluding carboxylic acids is 3. The van der Waals surface area contributed by atoms with Gasteiger partial charge in [-0.3, -0.25) is 14.9 Å². The number of aryl methyl sites for hydroxylation is 2. The maximum absolute atomic E-state index is 13.2. The number of urea groups is 1. The molecule has 1 heterocycles. The second kappa shape index (κ2) is 12.0. The number of barbiturate groups is 1. The maximum atomic E-state index is 13.2. The molecule has 0 aliphatic carbocycles. The smallest absolute Gasteiger partial charge is 0.335 e. The van der Waals surface area contributed by atoms with Crippen LogP contribution in [0.25, 0.3) is 6.08 Å². The van der Waals surface area contributed by atoms with Gasteiger partial charge in [0, 0.05) is 0 Å². The predicted octanol–water partition coefficient (Wildman–Crippen LogP) is 5.59. The molecule has 9 heteroatoms. The van der Waals surface area contributed by atoms with Gasteiger partial charge in [0.05, 0.1) is 16.8 Å². The summed E-state index contributed by atoms with van der Waals surface area (Å²) < 4.78 is 18.1. The molecule has 38 heavy (non-hydrogen) atoms. The molecular formula is C29H27BrN2O6. The summed E-state index contributed by atoms with van der Waals surface area (Å²) in [5, 5.41) is 2.24. The van der Waals surface area contributed by atoms with E-state index in [0.29, 0.717) is 40.4 Å². The van der Waals surface area contributed by atoms with Gasteiger partial charge in [-0.15, -0.1) is 0 Å². The summed E-state index contributed by atoms with van der Waals surface area (Å²) in [4.78, 5) is 39.3. The summed E-state index contributed by atoms with van der Waals surface area (Å²) >= 11 is 3.51. The van der Waals surface area contributed by atoms with Crippen LogP contribution < -0.4 is 24.4 Å². The number of nitrogens with one attached hydrogen (secondary N) is 1. The minimum Gasteiger partial charge on any atom is -0.490 e. The Balaban J connectivity index is 1.56. The number of anilines is 1.